The summed E-state index contributed by atoms with van der Waals surface area (Å²) in [5.74, 6) is 0.823. The number of hydrogen-bond acceptors (Lipinski definition) is 4. The maximum absolute atomic E-state index is 11.2. The van der Waals surface area contributed by atoms with Crippen molar-refractivity contribution in [1.82, 2.24) is 4.98 Å². The molecule has 0 bridgehead atoms. The minimum absolute atomic E-state index is 0.168. The first-order valence-corrected chi connectivity index (χ1v) is 6.14. The van der Waals surface area contributed by atoms with Crippen LogP contribution in [-0.4, -0.2) is 24.0 Å². The third-order valence-corrected chi connectivity index (χ3v) is 2.55. The number of hydrogen-bond donors (Lipinski definition) is 2. The van der Waals surface area contributed by atoms with Gasteiger partial charge in [0.05, 0.1) is 6.54 Å². The van der Waals surface area contributed by atoms with E-state index in [1.165, 1.54) is 0 Å². The lowest BCUT2D eigenvalue weighted by Gasteiger charge is -2.26. The van der Waals surface area contributed by atoms with Crippen LogP contribution in [0.15, 0.2) is 12.1 Å². The topological polar surface area (TPSA) is 85.2 Å². The van der Waals surface area contributed by atoms with Crippen molar-refractivity contribution in [3.8, 4) is 0 Å². The van der Waals surface area contributed by atoms with Crippen LogP contribution >= 0.6 is 0 Å². The molecule has 0 saturated heterocycles. The number of nitrogens with two attached hydrogens (primary N) is 2. The summed E-state index contributed by atoms with van der Waals surface area (Å²) in [4.78, 5) is 17.6. The van der Waals surface area contributed by atoms with Gasteiger partial charge in [0, 0.05) is 24.3 Å². The highest BCUT2D eigenvalue weighted by molar-refractivity contribution is 5.79. The molecule has 1 heterocycles. The Morgan fingerprint density at radius 2 is 2.11 bits per heavy atom. The molecule has 18 heavy (non-hydrogen) atoms. The zero-order valence-corrected chi connectivity index (χ0v) is 11.3. The Hall–Kier alpha value is -1.62. The highest BCUT2D eigenvalue weighted by Gasteiger charge is 2.16. The van der Waals surface area contributed by atoms with Crippen LogP contribution < -0.4 is 16.4 Å². The molecular weight excluding hydrogens is 228 g/mol. The summed E-state index contributed by atoms with van der Waals surface area (Å²) in [6, 6.07) is 3.87. The molecule has 1 amide bonds. The second-order valence-corrected chi connectivity index (χ2v) is 4.88. The Balaban J connectivity index is 3.09. The molecule has 0 atom stereocenters. The number of carbonyl (C=O) groups is 1. The van der Waals surface area contributed by atoms with Gasteiger partial charge in [-0.05, 0) is 18.9 Å². The molecule has 1 aromatic heterocycles. The summed E-state index contributed by atoms with van der Waals surface area (Å²) in [5, 5.41) is 0. The quantitative estimate of drug-likeness (QED) is 0.782. The number of aryl methyl sites for hydroxylation is 1. The molecule has 0 aliphatic rings. The summed E-state index contributed by atoms with van der Waals surface area (Å²) in [5.41, 5.74) is 12.8. The van der Waals surface area contributed by atoms with Crippen LogP contribution in [0.1, 0.15) is 25.1 Å². The van der Waals surface area contributed by atoms with Crippen molar-refractivity contribution in [1.29, 1.82) is 0 Å². The lowest BCUT2D eigenvalue weighted by Crippen LogP contribution is -2.37. The molecule has 5 nitrogen and oxygen atoms in total. The first-order chi connectivity index (χ1) is 8.43. The van der Waals surface area contributed by atoms with Gasteiger partial charge < -0.3 is 16.4 Å². The third kappa shape index (κ3) is 4.00. The van der Waals surface area contributed by atoms with Gasteiger partial charge in [-0.3, -0.25) is 4.79 Å². The number of amides is 1. The number of rotatable bonds is 6. The molecule has 1 aromatic rings. The second kappa shape index (κ2) is 6.35. The van der Waals surface area contributed by atoms with Gasteiger partial charge in [0.2, 0.25) is 5.91 Å². The fraction of sp³-hybridized carbons (Fsp3) is 0.538. The predicted octanol–water partition coefficient (Wildman–Crippen LogP) is 0.796. The lowest BCUT2D eigenvalue weighted by atomic mass is 10.1. The Bertz CT molecular complexity index is 417. The second-order valence-electron chi connectivity index (χ2n) is 4.88. The van der Waals surface area contributed by atoms with Gasteiger partial charge in [-0.2, -0.15) is 0 Å². The Labute approximate surface area is 108 Å². The molecule has 0 aliphatic carbocycles. The van der Waals surface area contributed by atoms with Crippen LogP contribution in [0, 0.1) is 12.8 Å². The van der Waals surface area contributed by atoms with Crippen LogP contribution in [0.5, 0.6) is 0 Å². The fourth-order valence-corrected chi connectivity index (χ4v) is 1.86. The Morgan fingerprint density at radius 3 is 2.61 bits per heavy atom. The SMILES string of the molecule is Cc1ccc(CN)c(N(CC(N)=O)CC(C)C)n1. The zero-order valence-electron chi connectivity index (χ0n) is 11.3. The largest absolute Gasteiger partial charge is 0.368 e. The van der Waals surface area contributed by atoms with Crippen molar-refractivity contribution < 1.29 is 4.79 Å². The van der Waals surface area contributed by atoms with Crippen molar-refractivity contribution in [2.24, 2.45) is 17.4 Å². The smallest absolute Gasteiger partial charge is 0.236 e. The van der Waals surface area contributed by atoms with E-state index < -0.39 is 0 Å². The van der Waals surface area contributed by atoms with Crippen LogP contribution in [0.2, 0.25) is 0 Å². The maximum atomic E-state index is 11.2. The summed E-state index contributed by atoms with van der Waals surface area (Å²) in [6.45, 7) is 7.39. The molecule has 0 saturated carbocycles. The van der Waals surface area contributed by atoms with Gasteiger partial charge in [0.1, 0.15) is 5.82 Å². The number of anilines is 1. The highest BCUT2D eigenvalue weighted by atomic mass is 16.1. The van der Waals surface area contributed by atoms with Gasteiger partial charge >= 0.3 is 0 Å². The minimum Gasteiger partial charge on any atom is -0.368 e. The van der Waals surface area contributed by atoms with E-state index >= 15 is 0 Å². The lowest BCUT2D eigenvalue weighted by molar-refractivity contribution is -0.116. The van der Waals surface area contributed by atoms with Crippen molar-refractivity contribution >= 4 is 11.7 Å². The van der Waals surface area contributed by atoms with Crippen molar-refractivity contribution in [2.75, 3.05) is 18.0 Å². The molecule has 0 unspecified atom stereocenters. The molecule has 1 rings (SSSR count). The number of aromatic nitrogens is 1. The standard InChI is InChI=1S/C13H22N4O/c1-9(2)7-17(8-12(15)18)13-11(6-14)5-4-10(3)16-13/h4-5,9H,6-8,14H2,1-3H3,(H2,15,18). The van der Waals surface area contributed by atoms with E-state index in [0.29, 0.717) is 12.5 Å². The average molecular weight is 250 g/mol. The van der Waals surface area contributed by atoms with Crippen molar-refractivity contribution in [3.63, 3.8) is 0 Å². The van der Waals surface area contributed by atoms with Gasteiger partial charge in [-0.25, -0.2) is 4.98 Å². The number of carbonyl (C=O) groups excluding carboxylic acids is 1. The fourth-order valence-electron chi connectivity index (χ4n) is 1.86. The van der Waals surface area contributed by atoms with Gasteiger partial charge in [-0.1, -0.05) is 19.9 Å². The first-order valence-electron chi connectivity index (χ1n) is 6.14. The van der Waals surface area contributed by atoms with Crippen LogP contribution in [-0.2, 0) is 11.3 Å². The Kier molecular flexibility index (Phi) is 5.09. The molecule has 0 radical (unpaired) electrons. The molecule has 100 valence electrons. The molecule has 4 N–H and O–H groups in total. The van der Waals surface area contributed by atoms with Crippen molar-refractivity contribution in [2.45, 2.75) is 27.3 Å². The minimum atomic E-state index is -0.359. The average Bonchev–Trinajstić information content (AvgIpc) is 2.26. The molecule has 5 heteroatoms. The number of pyridine rings is 1. The first kappa shape index (κ1) is 14.4. The normalized spacial score (nSPS) is 10.7. The van der Waals surface area contributed by atoms with E-state index in [4.69, 9.17) is 11.5 Å². The molecule has 0 aliphatic heterocycles. The molecule has 0 spiro atoms. The van der Waals surface area contributed by atoms with Crippen LogP contribution in [0.3, 0.4) is 0 Å². The highest BCUT2D eigenvalue weighted by Crippen LogP contribution is 2.19. The maximum Gasteiger partial charge on any atom is 0.236 e. The van der Waals surface area contributed by atoms with E-state index in [-0.39, 0.29) is 12.5 Å². The van der Waals surface area contributed by atoms with Gasteiger partial charge in [0.25, 0.3) is 0 Å². The van der Waals surface area contributed by atoms with Crippen LogP contribution in [0.4, 0.5) is 5.82 Å². The van der Waals surface area contributed by atoms with E-state index in [9.17, 15) is 4.79 Å². The van der Waals surface area contributed by atoms with Gasteiger partial charge in [-0.15, -0.1) is 0 Å². The number of primary amides is 1. The van der Waals surface area contributed by atoms with Crippen LogP contribution in [0.25, 0.3) is 0 Å². The number of nitrogens with zero attached hydrogens (tertiary/aromatic N) is 2. The van der Waals surface area contributed by atoms with E-state index in [0.717, 1.165) is 23.6 Å². The summed E-state index contributed by atoms with van der Waals surface area (Å²) >= 11 is 0. The molecular formula is C13H22N4O. The van der Waals surface area contributed by atoms with Gasteiger partial charge in [0.15, 0.2) is 0 Å². The Morgan fingerprint density at radius 1 is 1.44 bits per heavy atom. The van der Waals surface area contributed by atoms with Crippen molar-refractivity contribution in [3.05, 3.63) is 23.4 Å². The van der Waals surface area contributed by atoms with E-state index in [2.05, 4.69) is 18.8 Å². The molecule has 0 aromatic carbocycles. The monoisotopic (exact) mass is 250 g/mol. The summed E-state index contributed by atoms with van der Waals surface area (Å²) in [6.07, 6.45) is 0. The summed E-state index contributed by atoms with van der Waals surface area (Å²) in [7, 11) is 0. The third-order valence-electron chi connectivity index (χ3n) is 2.55. The molecule has 0 fully saturated rings. The predicted molar refractivity (Wildman–Crippen MR) is 73.1 cm³/mol. The van der Waals surface area contributed by atoms with E-state index in [1.54, 1.807) is 0 Å². The summed E-state index contributed by atoms with van der Waals surface area (Å²) < 4.78 is 0. The zero-order chi connectivity index (χ0) is 13.7. The van der Waals surface area contributed by atoms with E-state index in [1.807, 2.05) is 24.0 Å².